The molecule has 0 unspecified atom stereocenters. The summed E-state index contributed by atoms with van der Waals surface area (Å²) in [7, 11) is 0. The van der Waals surface area contributed by atoms with Crippen molar-refractivity contribution in [3.05, 3.63) is 29.8 Å². The van der Waals surface area contributed by atoms with E-state index in [1.54, 1.807) is 12.1 Å². The van der Waals surface area contributed by atoms with E-state index in [2.05, 4.69) is 0 Å². The van der Waals surface area contributed by atoms with Gasteiger partial charge in [0, 0.05) is 0 Å². The van der Waals surface area contributed by atoms with Crippen LogP contribution < -0.4 is 10.5 Å². The maximum absolute atomic E-state index is 10.4. The van der Waals surface area contributed by atoms with Gasteiger partial charge in [0.2, 0.25) is 0 Å². The van der Waals surface area contributed by atoms with Crippen molar-refractivity contribution in [2.75, 3.05) is 6.73 Å². The fraction of sp³-hybridized carbons (Fsp3) is 0.125. The van der Waals surface area contributed by atoms with Gasteiger partial charge in [-0.15, -0.1) is 0 Å². The number of hydrogen-bond acceptors (Lipinski definition) is 3. The van der Waals surface area contributed by atoms with Crippen molar-refractivity contribution >= 4 is 5.97 Å². The molecule has 4 heteroatoms. The Balaban J connectivity index is 2.78. The molecule has 0 saturated heterocycles. The van der Waals surface area contributed by atoms with Gasteiger partial charge in [-0.2, -0.15) is 0 Å². The molecular formula is C8H9NO3. The topological polar surface area (TPSA) is 72.5 Å². The van der Waals surface area contributed by atoms with E-state index in [1.165, 1.54) is 12.1 Å². The number of aromatic carboxylic acids is 1. The Kier molecular flexibility index (Phi) is 2.66. The van der Waals surface area contributed by atoms with E-state index >= 15 is 0 Å². The second kappa shape index (κ2) is 3.73. The number of benzene rings is 1. The number of carboxylic acids is 1. The molecule has 0 aliphatic rings. The zero-order valence-corrected chi connectivity index (χ0v) is 6.36. The lowest BCUT2D eigenvalue weighted by Gasteiger charge is -2.01. The molecule has 0 bridgehead atoms. The zero-order valence-electron chi connectivity index (χ0n) is 6.36. The van der Waals surface area contributed by atoms with Crippen LogP contribution in [-0.2, 0) is 0 Å². The Morgan fingerprint density at radius 1 is 1.42 bits per heavy atom. The van der Waals surface area contributed by atoms with Gasteiger partial charge < -0.3 is 9.84 Å². The molecule has 0 amide bonds. The Hall–Kier alpha value is -1.55. The fourth-order valence-electron chi connectivity index (χ4n) is 0.790. The maximum Gasteiger partial charge on any atom is 0.335 e. The van der Waals surface area contributed by atoms with Gasteiger partial charge in [-0.1, -0.05) is 0 Å². The summed E-state index contributed by atoms with van der Waals surface area (Å²) in [5, 5.41) is 8.54. The molecular weight excluding hydrogens is 158 g/mol. The van der Waals surface area contributed by atoms with Crippen molar-refractivity contribution in [2.24, 2.45) is 5.73 Å². The molecule has 0 aliphatic carbocycles. The van der Waals surface area contributed by atoms with Crippen molar-refractivity contribution < 1.29 is 14.6 Å². The van der Waals surface area contributed by atoms with Crippen LogP contribution in [0.2, 0.25) is 0 Å². The average Bonchev–Trinajstić information content (AvgIpc) is 2.06. The standard InChI is InChI=1S/C8H9NO3/c9-5-12-7-3-1-6(2-4-7)8(10)11/h1-4H,5,9H2,(H,10,11). The molecule has 1 aromatic rings. The number of nitrogens with two attached hydrogens (primary N) is 1. The van der Waals surface area contributed by atoms with E-state index < -0.39 is 5.97 Å². The average molecular weight is 167 g/mol. The molecule has 0 aliphatic heterocycles. The summed E-state index contributed by atoms with van der Waals surface area (Å²) in [6.07, 6.45) is 0. The first-order valence-corrected chi connectivity index (χ1v) is 3.40. The van der Waals surface area contributed by atoms with Gasteiger partial charge in [0.1, 0.15) is 12.5 Å². The third-order valence-electron chi connectivity index (χ3n) is 1.35. The molecule has 4 nitrogen and oxygen atoms in total. The predicted octanol–water partition coefficient (Wildman–Crippen LogP) is 0.680. The number of hydrogen-bond donors (Lipinski definition) is 2. The van der Waals surface area contributed by atoms with E-state index in [4.69, 9.17) is 15.6 Å². The van der Waals surface area contributed by atoms with E-state index in [1.807, 2.05) is 0 Å². The van der Waals surface area contributed by atoms with Gasteiger partial charge in [0.25, 0.3) is 0 Å². The monoisotopic (exact) mass is 167 g/mol. The highest BCUT2D eigenvalue weighted by Gasteiger charge is 2.00. The summed E-state index contributed by atoms with van der Waals surface area (Å²) >= 11 is 0. The lowest BCUT2D eigenvalue weighted by molar-refractivity contribution is 0.0697. The second-order valence-electron chi connectivity index (χ2n) is 2.14. The molecule has 0 saturated carbocycles. The first-order chi connectivity index (χ1) is 5.74. The van der Waals surface area contributed by atoms with E-state index in [0.717, 1.165) is 0 Å². The van der Waals surface area contributed by atoms with Crippen molar-refractivity contribution in [3.63, 3.8) is 0 Å². The molecule has 12 heavy (non-hydrogen) atoms. The minimum Gasteiger partial charge on any atom is -0.479 e. The third-order valence-corrected chi connectivity index (χ3v) is 1.35. The van der Waals surface area contributed by atoms with Crippen molar-refractivity contribution in [2.45, 2.75) is 0 Å². The van der Waals surface area contributed by atoms with Gasteiger partial charge in [-0.25, -0.2) is 4.79 Å². The highest BCUT2D eigenvalue weighted by atomic mass is 16.5. The van der Waals surface area contributed by atoms with Gasteiger partial charge >= 0.3 is 5.97 Å². The summed E-state index contributed by atoms with van der Waals surface area (Å²) in [5.74, 6) is -0.378. The molecule has 3 N–H and O–H groups in total. The first kappa shape index (κ1) is 8.55. The van der Waals surface area contributed by atoms with Gasteiger partial charge in [-0.05, 0) is 24.3 Å². The lowest BCUT2D eigenvalue weighted by atomic mass is 10.2. The second-order valence-corrected chi connectivity index (χ2v) is 2.14. The highest BCUT2D eigenvalue weighted by molar-refractivity contribution is 5.87. The fourth-order valence-corrected chi connectivity index (χ4v) is 0.790. The summed E-state index contributed by atoms with van der Waals surface area (Å²) < 4.78 is 4.93. The quantitative estimate of drug-likeness (QED) is 0.649. The normalized spacial score (nSPS) is 9.42. The van der Waals surface area contributed by atoms with Crippen molar-refractivity contribution in [3.8, 4) is 5.75 Å². The van der Waals surface area contributed by atoms with Crippen LogP contribution in [-0.4, -0.2) is 17.8 Å². The molecule has 0 heterocycles. The van der Waals surface area contributed by atoms with Crippen molar-refractivity contribution in [1.82, 2.24) is 0 Å². The zero-order chi connectivity index (χ0) is 8.97. The Labute approximate surface area is 69.6 Å². The maximum atomic E-state index is 10.4. The highest BCUT2D eigenvalue weighted by Crippen LogP contribution is 2.11. The van der Waals surface area contributed by atoms with Crippen LogP contribution in [0.5, 0.6) is 5.75 Å². The van der Waals surface area contributed by atoms with Crippen LogP contribution in [0.15, 0.2) is 24.3 Å². The Bertz CT molecular complexity index is 268. The molecule has 0 aromatic heterocycles. The van der Waals surface area contributed by atoms with E-state index in [9.17, 15) is 4.79 Å². The Morgan fingerprint density at radius 2 is 2.00 bits per heavy atom. The van der Waals surface area contributed by atoms with Crippen LogP contribution in [0, 0.1) is 0 Å². The number of rotatable bonds is 3. The van der Waals surface area contributed by atoms with E-state index in [0.29, 0.717) is 5.75 Å². The molecule has 1 aromatic carbocycles. The lowest BCUT2D eigenvalue weighted by Crippen LogP contribution is -2.07. The number of ether oxygens (including phenoxy) is 1. The van der Waals surface area contributed by atoms with Crippen LogP contribution in [0.25, 0.3) is 0 Å². The predicted molar refractivity (Wildman–Crippen MR) is 43.1 cm³/mol. The van der Waals surface area contributed by atoms with Crippen LogP contribution in [0.1, 0.15) is 10.4 Å². The SMILES string of the molecule is NCOc1ccc(C(=O)O)cc1. The third kappa shape index (κ3) is 1.96. The van der Waals surface area contributed by atoms with Crippen molar-refractivity contribution in [1.29, 1.82) is 0 Å². The summed E-state index contributed by atoms with van der Waals surface area (Å²) in [6, 6.07) is 6.06. The van der Waals surface area contributed by atoms with Gasteiger partial charge in [0.05, 0.1) is 5.56 Å². The summed E-state index contributed by atoms with van der Waals surface area (Å²) in [4.78, 5) is 10.4. The smallest absolute Gasteiger partial charge is 0.335 e. The van der Waals surface area contributed by atoms with Gasteiger partial charge in [0.15, 0.2) is 0 Å². The van der Waals surface area contributed by atoms with Crippen LogP contribution in [0.4, 0.5) is 0 Å². The number of carbonyl (C=O) groups is 1. The molecule has 0 fully saturated rings. The van der Waals surface area contributed by atoms with E-state index in [-0.39, 0.29) is 12.3 Å². The summed E-state index contributed by atoms with van der Waals surface area (Å²) in [5.41, 5.74) is 5.36. The minimum atomic E-state index is -0.950. The largest absolute Gasteiger partial charge is 0.479 e. The minimum absolute atomic E-state index is 0.0897. The Morgan fingerprint density at radius 3 is 2.42 bits per heavy atom. The molecule has 0 radical (unpaired) electrons. The molecule has 64 valence electrons. The molecule has 1 rings (SSSR count). The summed E-state index contributed by atoms with van der Waals surface area (Å²) in [6.45, 7) is 0.0897. The number of carboxylic acid groups (broad SMARTS) is 1. The molecule has 0 spiro atoms. The molecule has 0 atom stereocenters. The van der Waals surface area contributed by atoms with Gasteiger partial charge in [-0.3, -0.25) is 5.73 Å². The van der Waals surface area contributed by atoms with Crippen LogP contribution >= 0.6 is 0 Å². The first-order valence-electron chi connectivity index (χ1n) is 3.40. The van der Waals surface area contributed by atoms with Crippen LogP contribution in [0.3, 0.4) is 0 Å².